The first-order valence-electron chi connectivity index (χ1n) is 9.48. The van der Waals surface area contributed by atoms with Crippen molar-refractivity contribution in [3.63, 3.8) is 0 Å². The van der Waals surface area contributed by atoms with Gasteiger partial charge >= 0.3 is 0 Å². The van der Waals surface area contributed by atoms with E-state index in [1.165, 1.54) is 12.8 Å². The average molecular weight is 397 g/mol. The second-order valence-corrected chi connectivity index (χ2v) is 8.50. The van der Waals surface area contributed by atoms with Crippen molar-refractivity contribution >= 4 is 35.0 Å². The molecule has 1 aromatic rings. The van der Waals surface area contributed by atoms with Crippen LogP contribution in [0.5, 0.6) is 0 Å². The first-order chi connectivity index (χ1) is 12.4. The third kappa shape index (κ3) is 4.72. The van der Waals surface area contributed by atoms with E-state index in [0.717, 1.165) is 31.6 Å². The summed E-state index contributed by atoms with van der Waals surface area (Å²) < 4.78 is 0. The lowest BCUT2D eigenvalue weighted by Gasteiger charge is -2.34. The van der Waals surface area contributed by atoms with Crippen molar-refractivity contribution in [2.45, 2.75) is 51.5 Å². The van der Waals surface area contributed by atoms with Crippen LogP contribution < -0.4 is 5.32 Å². The van der Waals surface area contributed by atoms with Crippen molar-refractivity contribution in [1.82, 2.24) is 10.2 Å². The summed E-state index contributed by atoms with van der Waals surface area (Å²) in [6.07, 6.45) is 6.15. The van der Waals surface area contributed by atoms with E-state index in [4.69, 9.17) is 23.2 Å². The van der Waals surface area contributed by atoms with Crippen molar-refractivity contribution in [3.8, 4) is 0 Å². The topological polar surface area (TPSA) is 49.4 Å². The monoisotopic (exact) mass is 396 g/mol. The Morgan fingerprint density at radius 3 is 2.50 bits per heavy atom. The normalized spacial score (nSPS) is 26.4. The molecular weight excluding hydrogens is 371 g/mol. The first-order valence-corrected chi connectivity index (χ1v) is 10.2. The van der Waals surface area contributed by atoms with Crippen LogP contribution in [0.15, 0.2) is 18.2 Å². The van der Waals surface area contributed by atoms with Crippen LogP contribution in [-0.2, 0) is 4.79 Å². The van der Waals surface area contributed by atoms with E-state index in [-0.39, 0.29) is 17.7 Å². The van der Waals surface area contributed by atoms with Crippen LogP contribution in [0.4, 0.5) is 0 Å². The van der Waals surface area contributed by atoms with E-state index in [9.17, 15) is 9.59 Å². The van der Waals surface area contributed by atoms with Gasteiger partial charge in [-0.1, -0.05) is 30.1 Å². The Bertz CT molecular complexity index is 672. The zero-order chi connectivity index (χ0) is 18.7. The van der Waals surface area contributed by atoms with Crippen LogP contribution in [0, 0.1) is 11.8 Å². The number of nitrogens with one attached hydrogen (secondary N) is 1. The van der Waals surface area contributed by atoms with Gasteiger partial charge in [-0.3, -0.25) is 9.59 Å². The van der Waals surface area contributed by atoms with Gasteiger partial charge < -0.3 is 10.2 Å². The number of hydrogen-bond donors (Lipinski definition) is 1. The molecule has 1 saturated heterocycles. The Balaban J connectivity index is 1.58. The summed E-state index contributed by atoms with van der Waals surface area (Å²) in [7, 11) is 0. The summed E-state index contributed by atoms with van der Waals surface area (Å²) in [5.74, 6) is 0.635. The van der Waals surface area contributed by atoms with Gasteiger partial charge in [-0.05, 0) is 62.6 Å². The summed E-state index contributed by atoms with van der Waals surface area (Å²) in [6.45, 7) is 3.41. The molecule has 0 bridgehead atoms. The summed E-state index contributed by atoms with van der Waals surface area (Å²) >= 11 is 12.0. The Hall–Kier alpha value is -1.26. The van der Waals surface area contributed by atoms with Gasteiger partial charge in [0.15, 0.2) is 0 Å². The number of hydrogen-bond acceptors (Lipinski definition) is 2. The van der Waals surface area contributed by atoms with Crippen molar-refractivity contribution in [3.05, 3.63) is 33.8 Å². The minimum atomic E-state index is -0.130. The smallest absolute Gasteiger partial charge is 0.253 e. The summed E-state index contributed by atoms with van der Waals surface area (Å²) in [5.41, 5.74) is 0.515. The summed E-state index contributed by atoms with van der Waals surface area (Å²) in [5, 5.41) is 4.01. The van der Waals surface area contributed by atoms with E-state index >= 15 is 0 Å². The highest BCUT2D eigenvalue weighted by atomic mass is 35.5. The Morgan fingerprint density at radius 1 is 1.08 bits per heavy atom. The molecule has 4 nitrogen and oxygen atoms in total. The largest absolute Gasteiger partial charge is 0.353 e. The minimum absolute atomic E-state index is 0.0902. The van der Waals surface area contributed by atoms with Crippen LogP contribution in [0.3, 0.4) is 0 Å². The molecule has 2 fully saturated rings. The molecule has 0 aromatic heterocycles. The molecule has 1 saturated carbocycles. The number of nitrogens with zero attached hydrogens (tertiary/aromatic N) is 1. The zero-order valence-electron chi connectivity index (χ0n) is 15.1. The fraction of sp³-hybridized carbons (Fsp3) is 0.600. The van der Waals surface area contributed by atoms with Crippen molar-refractivity contribution in [2.75, 3.05) is 13.1 Å². The van der Waals surface area contributed by atoms with Crippen LogP contribution in [-0.4, -0.2) is 35.8 Å². The Labute approximate surface area is 165 Å². The van der Waals surface area contributed by atoms with Crippen LogP contribution in [0.25, 0.3) is 0 Å². The standard InChI is InChI=1S/C20H26Cl2N2O2/c1-13-4-7-16(8-5-13)23-19(25)15-3-2-10-24(12-15)20(26)14-6-9-17(21)18(22)11-14/h6,9,11,13,15-16H,2-5,7-8,10,12H2,1H3,(H,23,25). The molecule has 0 spiro atoms. The number of amides is 2. The summed E-state index contributed by atoms with van der Waals surface area (Å²) in [4.78, 5) is 27.2. The molecule has 2 aliphatic rings. The van der Waals surface area contributed by atoms with Crippen LogP contribution in [0.1, 0.15) is 55.8 Å². The second kappa shape index (κ2) is 8.62. The second-order valence-electron chi connectivity index (χ2n) is 7.68. The maximum atomic E-state index is 12.7. The Kier molecular flexibility index (Phi) is 6.46. The van der Waals surface area contributed by atoms with Crippen molar-refractivity contribution in [2.24, 2.45) is 11.8 Å². The SMILES string of the molecule is CC1CCC(NC(=O)C2CCCN(C(=O)c3ccc(Cl)c(Cl)c3)C2)CC1. The molecule has 6 heteroatoms. The number of likely N-dealkylation sites (tertiary alicyclic amines) is 1. The molecule has 2 amide bonds. The molecule has 1 unspecified atom stereocenters. The molecular formula is C20H26Cl2N2O2. The molecule has 1 aliphatic carbocycles. The molecule has 1 N–H and O–H groups in total. The molecule has 1 atom stereocenters. The molecule has 3 rings (SSSR count). The van der Waals surface area contributed by atoms with E-state index in [1.807, 2.05) is 0 Å². The highest BCUT2D eigenvalue weighted by molar-refractivity contribution is 6.42. The third-order valence-electron chi connectivity index (χ3n) is 5.61. The predicted octanol–water partition coefficient (Wildman–Crippen LogP) is 4.54. The van der Waals surface area contributed by atoms with Gasteiger partial charge in [0.2, 0.25) is 5.91 Å². The molecule has 0 radical (unpaired) electrons. The van der Waals surface area contributed by atoms with Gasteiger partial charge in [-0.15, -0.1) is 0 Å². The van der Waals surface area contributed by atoms with Crippen molar-refractivity contribution in [1.29, 1.82) is 0 Å². The lowest BCUT2D eigenvalue weighted by Crippen LogP contribution is -2.48. The highest BCUT2D eigenvalue weighted by Crippen LogP contribution is 2.26. The number of piperidine rings is 1. The van der Waals surface area contributed by atoms with Crippen LogP contribution >= 0.6 is 23.2 Å². The van der Waals surface area contributed by atoms with E-state index < -0.39 is 0 Å². The Morgan fingerprint density at radius 2 is 1.81 bits per heavy atom. The lowest BCUT2D eigenvalue weighted by atomic mass is 9.87. The number of halogens is 2. The lowest BCUT2D eigenvalue weighted by molar-refractivity contribution is -0.127. The van der Waals surface area contributed by atoms with Gasteiger partial charge in [0.05, 0.1) is 16.0 Å². The predicted molar refractivity (Wildman–Crippen MR) is 105 cm³/mol. The van der Waals surface area contributed by atoms with Gasteiger partial charge in [-0.25, -0.2) is 0 Å². The number of benzene rings is 1. The molecule has 1 aliphatic heterocycles. The maximum absolute atomic E-state index is 12.7. The van der Waals surface area contributed by atoms with Gasteiger partial charge in [-0.2, -0.15) is 0 Å². The zero-order valence-corrected chi connectivity index (χ0v) is 16.7. The van der Waals surface area contributed by atoms with Crippen molar-refractivity contribution < 1.29 is 9.59 Å². The van der Waals surface area contributed by atoms with E-state index in [2.05, 4.69) is 12.2 Å². The first kappa shape index (κ1) is 19.5. The molecule has 1 aromatic carbocycles. The van der Waals surface area contributed by atoms with Crippen LogP contribution in [0.2, 0.25) is 10.0 Å². The molecule has 1 heterocycles. The van der Waals surface area contributed by atoms with E-state index in [0.29, 0.717) is 34.7 Å². The maximum Gasteiger partial charge on any atom is 0.253 e. The molecule has 142 valence electrons. The van der Waals surface area contributed by atoms with Gasteiger partial charge in [0.25, 0.3) is 5.91 Å². The average Bonchev–Trinajstić information content (AvgIpc) is 2.65. The number of carbonyl (C=O) groups excluding carboxylic acids is 2. The highest BCUT2D eigenvalue weighted by Gasteiger charge is 2.30. The fourth-order valence-electron chi connectivity index (χ4n) is 3.91. The third-order valence-corrected chi connectivity index (χ3v) is 6.35. The fourth-order valence-corrected chi connectivity index (χ4v) is 4.21. The minimum Gasteiger partial charge on any atom is -0.353 e. The quantitative estimate of drug-likeness (QED) is 0.814. The molecule has 26 heavy (non-hydrogen) atoms. The van der Waals surface area contributed by atoms with E-state index in [1.54, 1.807) is 23.1 Å². The number of carbonyl (C=O) groups is 2. The van der Waals surface area contributed by atoms with Gasteiger partial charge in [0.1, 0.15) is 0 Å². The number of rotatable bonds is 3. The van der Waals surface area contributed by atoms with Gasteiger partial charge in [0, 0.05) is 24.7 Å². The summed E-state index contributed by atoms with van der Waals surface area (Å²) in [6, 6.07) is 5.21.